The number of nitrogens with one attached hydrogen (secondary N) is 1. The van der Waals surface area contributed by atoms with E-state index in [9.17, 15) is 14.4 Å². The van der Waals surface area contributed by atoms with Gasteiger partial charge in [-0.1, -0.05) is 0 Å². The van der Waals surface area contributed by atoms with E-state index in [2.05, 4.69) is 10.3 Å². The Hall–Kier alpha value is -2.04. The van der Waals surface area contributed by atoms with Gasteiger partial charge in [0, 0.05) is 38.2 Å². The molecule has 0 radical (unpaired) electrons. The second kappa shape index (κ2) is 9.94. The fourth-order valence-corrected chi connectivity index (χ4v) is 4.00. The third kappa shape index (κ3) is 5.73. The zero-order valence-corrected chi connectivity index (χ0v) is 16.8. The van der Waals surface area contributed by atoms with Crippen LogP contribution in [0.3, 0.4) is 0 Å². The molecule has 2 fully saturated rings. The number of ether oxygens (including phenoxy) is 2. The maximum Gasteiger partial charge on any atom is 0.311 e. The summed E-state index contributed by atoms with van der Waals surface area (Å²) in [6.07, 6.45) is 1.55. The van der Waals surface area contributed by atoms with Gasteiger partial charge in [-0.3, -0.25) is 19.3 Å². The predicted octanol–water partition coefficient (Wildman–Crippen LogP) is 0.510. The van der Waals surface area contributed by atoms with E-state index in [0.717, 1.165) is 12.8 Å². The number of carbonyl (C=O) groups excluding carboxylic acids is 3. The monoisotopic (exact) mass is 410 g/mol. The molecular weight excluding hydrogens is 384 g/mol. The standard InChI is InChI=1S/C18H26N4O5S/c1-2-26-16(24)10-13-12-28-18(19-13)20-15(23)11-21-5-7-22(8-6-21)17(25)14-4-3-9-27-14/h12,14H,2-11H2,1H3,(H,19,20,23). The zero-order chi connectivity index (χ0) is 19.9. The molecule has 1 unspecified atom stereocenters. The lowest BCUT2D eigenvalue weighted by Gasteiger charge is -2.35. The van der Waals surface area contributed by atoms with Crippen LogP contribution in [0, 0.1) is 0 Å². The molecule has 2 amide bonds. The Labute approximate surface area is 168 Å². The molecule has 1 atom stereocenters. The molecule has 2 aliphatic rings. The number of rotatable bonds is 7. The van der Waals surface area contributed by atoms with Crippen molar-refractivity contribution in [1.82, 2.24) is 14.8 Å². The Balaban J connectivity index is 1.39. The fraction of sp³-hybridized carbons (Fsp3) is 0.667. The summed E-state index contributed by atoms with van der Waals surface area (Å²) in [6.45, 7) is 5.50. The molecular formula is C18H26N4O5S. The van der Waals surface area contributed by atoms with Crippen molar-refractivity contribution in [2.45, 2.75) is 32.3 Å². The number of nitrogens with zero attached hydrogens (tertiary/aromatic N) is 3. The van der Waals surface area contributed by atoms with Crippen LogP contribution in [0.4, 0.5) is 5.13 Å². The van der Waals surface area contributed by atoms with E-state index in [1.54, 1.807) is 12.3 Å². The van der Waals surface area contributed by atoms with Gasteiger partial charge in [-0.25, -0.2) is 4.98 Å². The van der Waals surface area contributed by atoms with Crippen LogP contribution in [-0.2, 0) is 30.3 Å². The number of hydrogen-bond acceptors (Lipinski definition) is 8. The number of thiazole rings is 1. The molecule has 2 aliphatic heterocycles. The average Bonchev–Trinajstić information content (AvgIpc) is 3.34. The van der Waals surface area contributed by atoms with Crippen LogP contribution in [-0.4, -0.2) is 84.6 Å². The third-order valence-corrected chi connectivity index (χ3v) is 5.49. The average molecular weight is 410 g/mol. The third-order valence-electron chi connectivity index (χ3n) is 4.69. The van der Waals surface area contributed by atoms with Gasteiger partial charge in [0.25, 0.3) is 5.91 Å². The summed E-state index contributed by atoms with van der Waals surface area (Å²) < 4.78 is 10.4. The van der Waals surface area contributed by atoms with Crippen LogP contribution in [0.15, 0.2) is 5.38 Å². The number of amides is 2. The van der Waals surface area contributed by atoms with Crippen molar-refractivity contribution in [1.29, 1.82) is 0 Å². The number of esters is 1. The largest absolute Gasteiger partial charge is 0.466 e. The van der Waals surface area contributed by atoms with Crippen LogP contribution in [0.2, 0.25) is 0 Å². The van der Waals surface area contributed by atoms with E-state index in [4.69, 9.17) is 9.47 Å². The minimum absolute atomic E-state index is 0.0681. The number of carbonyl (C=O) groups is 3. The lowest BCUT2D eigenvalue weighted by Crippen LogP contribution is -2.52. The lowest BCUT2D eigenvalue weighted by molar-refractivity contribution is -0.143. The Morgan fingerprint density at radius 2 is 2.11 bits per heavy atom. The van der Waals surface area contributed by atoms with Gasteiger partial charge in [0.05, 0.1) is 25.3 Å². The van der Waals surface area contributed by atoms with Gasteiger partial charge in [0.1, 0.15) is 6.10 Å². The Bertz CT molecular complexity index is 696. The molecule has 0 saturated carbocycles. The highest BCUT2D eigenvalue weighted by atomic mass is 32.1. The second-order valence-electron chi connectivity index (χ2n) is 6.78. The molecule has 0 aliphatic carbocycles. The summed E-state index contributed by atoms with van der Waals surface area (Å²) in [4.78, 5) is 44.2. The first-order chi connectivity index (χ1) is 13.5. The van der Waals surface area contributed by atoms with Crippen LogP contribution >= 0.6 is 11.3 Å². The molecule has 28 heavy (non-hydrogen) atoms. The summed E-state index contributed by atoms with van der Waals surface area (Å²) >= 11 is 1.28. The topological polar surface area (TPSA) is 101 Å². The minimum Gasteiger partial charge on any atom is -0.466 e. The van der Waals surface area contributed by atoms with E-state index in [1.807, 2.05) is 9.80 Å². The molecule has 3 heterocycles. The normalized spacial score (nSPS) is 20.2. The van der Waals surface area contributed by atoms with Gasteiger partial charge in [0.15, 0.2) is 5.13 Å². The van der Waals surface area contributed by atoms with Gasteiger partial charge in [-0.2, -0.15) is 0 Å². The molecule has 9 nitrogen and oxygen atoms in total. The van der Waals surface area contributed by atoms with Crippen molar-refractivity contribution >= 4 is 34.3 Å². The minimum atomic E-state index is -0.332. The fourth-order valence-electron chi connectivity index (χ4n) is 3.27. The molecule has 2 saturated heterocycles. The molecule has 0 spiro atoms. The molecule has 10 heteroatoms. The molecule has 3 rings (SSSR count). The van der Waals surface area contributed by atoms with Crippen LogP contribution in [0.25, 0.3) is 0 Å². The van der Waals surface area contributed by atoms with Gasteiger partial charge in [0.2, 0.25) is 5.91 Å². The summed E-state index contributed by atoms with van der Waals surface area (Å²) in [5.74, 6) is -0.421. The summed E-state index contributed by atoms with van der Waals surface area (Å²) in [5.41, 5.74) is 0.583. The quantitative estimate of drug-likeness (QED) is 0.654. The highest BCUT2D eigenvalue weighted by Gasteiger charge is 2.30. The number of anilines is 1. The van der Waals surface area contributed by atoms with Gasteiger partial charge in [-0.15, -0.1) is 11.3 Å². The van der Waals surface area contributed by atoms with Gasteiger partial charge >= 0.3 is 5.97 Å². The van der Waals surface area contributed by atoms with E-state index in [-0.39, 0.29) is 36.9 Å². The van der Waals surface area contributed by atoms with Gasteiger partial charge in [-0.05, 0) is 19.8 Å². The van der Waals surface area contributed by atoms with E-state index in [0.29, 0.717) is 50.2 Å². The van der Waals surface area contributed by atoms with Crippen molar-refractivity contribution in [2.75, 3.05) is 51.3 Å². The zero-order valence-electron chi connectivity index (χ0n) is 16.0. The van der Waals surface area contributed by atoms with E-state index < -0.39 is 0 Å². The maximum absolute atomic E-state index is 12.4. The SMILES string of the molecule is CCOC(=O)Cc1csc(NC(=O)CN2CCN(C(=O)C3CCCO3)CC2)n1. The van der Waals surface area contributed by atoms with E-state index >= 15 is 0 Å². The lowest BCUT2D eigenvalue weighted by atomic mass is 10.2. The van der Waals surface area contributed by atoms with Crippen LogP contribution < -0.4 is 5.32 Å². The van der Waals surface area contributed by atoms with Crippen molar-refractivity contribution in [3.63, 3.8) is 0 Å². The molecule has 1 aromatic heterocycles. The Morgan fingerprint density at radius 3 is 2.79 bits per heavy atom. The predicted molar refractivity (Wildman–Crippen MR) is 103 cm³/mol. The first-order valence-corrected chi connectivity index (χ1v) is 10.5. The summed E-state index contributed by atoms with van der Waals surface area (Å²) in [5, 5.41) is 4.97. The smallest absolute Gasteiger partial charge is 0.311 e. The first-order valence-electron chi connectivity index (χ1n) is 9.57. The van der Waals surface area contributed by atoms with Crippen LogP contribution in [0.5, 0.6) is 0 Å². The number of hydrogen-bond donors (Lipinski definition) is 1. The molecule has 0 aromatic carbocycles. The van der Waals surface area contributed by atoms with Crippen molar-refractivity contribution in [2.24, 2.45) is 0 Å². The Kier molecular flexibility index (Phi) is 7.35. The number of aromatic nitrogens is 1. The van der Waals surface area contributed by atoms with Crippen LogP contribution in [0.1, 0.15) is 25.5 Å². The highest BCUT2D eigenvalue weighted by molar-refractivity contribution is 7.13. The summed E-state index contributed by atoms with van der Waals surface area (Å²) in [6, 6.07) is 0. The van der Waals surface area contributed by atoms with Crippen molar-refractivity contribution < 1.29 is 23.9 Å². The molecule has 154 valence electrons. The molecule has 1 aromatic rings. The summed E-state index contributed by atoms with van der Waals surface area (Å²) in [7, 11) is 0. The molecule has 0 bridgehead atoms. The number of piperazine rings is 1. The van der Waals surface area contributed by atoms with Gasteiger partial charge < -0.3 is 19.7 Å². The van der Waals surface area contributed by atoms with Crippen molar-refractivity contribution in [3.8, 4) is 0 Å². The highest BCUT2D eigenvalue weighted by Crippen LogP contribution is 2.17. The first kappa shape index (κ1) is 20.7. The molecule has 1 N–H and O–H groups in total. The van der Waals surface area contributed by atoms with E-state index in [1.165, 1.54) is 11.3 Å². The maximum atomic E-state index is 12.4. The van der Waals surface area contributed by atoms with Crippen molar-refractivity contribution in [3.05, 3.63) is 11.1 Å². The second-order valence-corrected chi connectivity index (χ2v) is 7.64. The Morgan fingerprint density at radius 1 is 1.32 bits per heavy atom.